The van der Waals surface area contributed by atoms with Gasteiger partial charge in [-0.1, -0.05) is 24.3 Å². The van der Waals surface area contributed by atoms with Gasteiger partial charge in [0.15, 0.2) is 0 Å². The second-order valence-electron chi connectivity index (χ2n) is 7.35. The van der Waals surface area contributed by atoms with E-state index in [1.807, 2.05) is 13.8 Å². The third-order valence-corrected chi connectivity index (χ3v) is 5.32. The highest BCUT2D eigenvalue weighted by Crippen LogP contribution is 2.43. The Labute approximate surface area is 198 Å². The normalized spacial score (nSPS) is 13.4. The van der Waals surface area contributed by atoms with Crippen LogP contribution in [0.4, 0.5) is 8.78 Å². The van der Waals surface area contributed by atoms with Crippen molar-refractivity contribution in [2.24, 2.45) is 5.92 Å². The van der Waals surface area contributed by atoms with Crippen molar-refractivity contribution in [1.29, 1.82) is 5.26 Å². The van der Waals surface area contributed by atoms with Crippen LogP contribution in [0.2, 0.25) is 0 Å². The van der Waals surface area contributed by atoms with Gasteiger partial charge in [-0.3, -0.25) is 0 Å². The number of carboxylic acids is 2. The van der Waals surface area contributed by atoms with Gasteiger partial charge in [0.05, 0.1) is 6.07 Å². The van der Waals surface area contributed by atoms with Gasteiger partial charge in [-0.2, -0.15) is 5.26 Å². The zero-order valence-electron chi connectivity index (χ0n) is 19.3. The maximum Gasteiger partial charge on any atom is 0.414 e. The first-order valence-corrected chi connectivity index (χ1v) is 10.9. The van der Waals surface area contributed by atoms with Gasteiger partial charge in [-0.05, 0) is 81.1 Å². The number of rotatable bonds is 5. The first-order chi connectivity index (χ1) is 16.2. The average Bonchev–Trinajstić information content (AvgIpc) is 2.84. The van der Waals surface area contributed by atoms with Crippen LogP contribution in [0.3, 0.4) is 0 Å². The van der Waals surface area contributed by atoms with E-state index < -0.39 is 17.4 Å². The maximum atomic E-state index is 13.3. The molecule has 0 amide bonds. The highest BCUT2D eigenvalue weighted by Gasteiger charge is 2.43. The summed E-state index contributed by atoms with van der Waals surface area (Å²) in [6, 6.07) is 14.7. The number of nitrogens with zero attached hydrogens (tertiary/aromatic N) is 1. The standard InChI is InChI=1S/C19H18F2N2.C4H10O.C2H2O4/c20-17-5-1-14(2-6-17)19(13-22,16-9-11-23-12-10-16)15-3-7-18(21)8-4-15;1-3-5-4-2;3-1(4)2(5)6/h1-8,16,23H,9-12H2;3-4H2,1-2H3;(H,3,4)(H,5,6). The molecule has 0 saturated carbocycles. The molecule has 0 bridgehead atoms. The number of benzene rings is 2. The second kappa shape index (κ2) is 14.7. The molecule has 2 aromatic rings. The topological polar surface area (TPSA) is 120 Å². The smallest absolute Gasteiger partial charge is 0.414 e. The SMILES string of the molecule is CCOCC.N#CC(c1ccc(F)cc1)(c1ccc(F)cc1)C1CCNCC1.O=C(O)C(=O)O. The summed E-state index contributed by atoms with van der Waals surface area (Å²) in [6.45, 7) is 7.35. The maximum absolute atomic E-state index is 13.3. The van der Waals surface area contributed by atoms with Gasteiger partial charge >= 0.3 is 11.9 Å². The van der Waals surface area contributed by atoms with E-state index in [1.165, 1.54) is 24.3 Å². The summed E-state index contributed by atoms with van der Waals surface area (Å²) < 4.78 is 31.5. The first kappa shape index (κ1) is 28.7. The number of ether oxygens (including phenoxy) is 1. The minimum atomic E-state index is -1.82. The Bertz CT molecular complexity index is 878. The highest BCUT2D eigenvalue weighted by molar-refractivity contribution is 6.27. The molecule has 2 aromatic carbocycles. The molecule has 0 unspecified atom stereocenters. The lowest BCUT2D eigenvalue weighted by Gasteiger charge is -2.38. The van der Waals surface area contributed by atoms with Crippen LogP contribution in [0.5, 0.6) is 0 Å². The van der Waals surface area contributed by atoms with Gasteiger partial charge in [0.2, 0.25) is 0 Å². The van der Waals surface area contributed by atoms with E-state index in [1.54, 1.807) is 24.3 Å². The molecule has 3 rings (SSSR count). The molecule has 34 heavy (non-hydrogen) atoms. The van der Waals surface area contributed by atoms with E-state index in [9.17, 15) is 14.0 Å². The van der Waals surface area contributed by atoms with E-state index in [-0.39, 0.29) is 17.6 Å². The quantitative estimate of drug-likeness (QED) is 0.559. The highest BCUT2D eigenvalue weighted by atomic mass is 19.1. The molecule has 1 fully saturated rings. The first-order valence-electron chi connectivity index (χ1n) is 10.9. The van der Waals surface area contributed by atoms with E-state index in [0.717, 1.165) is 50.3 Å². The second-order valence-corrected chi connectivity index (χ2v) is 7.35. The Kier molecular flexibility index (Phi) is 12.4. The molecular formula is C25H30F2N2O5. The van der Waals surface area contributed by atoms with E-state index in [4.69, 9.17) is 24.5 Å². The van der Waals surface area contributed by atoms with Gasteiger partial charge in [0, 0.05) is 13.2 Å². The van der Waals surface area contributed by atoms with Crippen molar-refractivity contribution in [1.82, 2.24) is 5.32 Å². The molecule has 0 spiro atoms. The third-order valence-electron chi connectivity index (χ3n) is 5.32. The van der Waals surface area contributed by atoms with Crippen LogP contribution in [0.1, 0.15) is 37.8 Å². The van der Waals surface area contributed by atoms with Gasteiger partial charge < -0.3 is 20.3 Å². The van der Waals surface area contributed by atoms with Crippen LogP contribution in [-0.4, -0.2) is 48.5 Å². The number of hydrogen-bond donors (Lipinski definition) is 3. The monoisotopic (exact) mass is 476 g/mol. The predicted octanol–water partition coefficient (Wildman–Crippen LogP) is 3.97. The van der Waals surface area contributed by atoms with Crippen LogP contribution in [-0.2, 0) is 19.7 Å². The molecular weight excluding hydrogens is 446 g/mol. The van der Waals surface area contributed by atoms with Gasteiger partial charge in [0.1, 0.15) is 17.0 Å². The van der Waals surface area contributed by atoms with Crippen molar-refractivity contribution < 1.29 is 33.3 Å². The van der Waals surface area contributed by atoms with Crippen LogP contribution < -0.4 is 5.32 Å². The van der Waals surface area contributed by atoms with Crippen LogP contribution in [0.25, 0.3) is 0 Å². The largest absolute Gasteiger partial charge is 0.473 e. The molecule has 0 aromatic heterocycles. The lowest BCUT2D eigenvalue weighted by molar-refractivity contribution is -0.159. The molecule has 3 N–H and O–H groups in total. The number of halogens is 2. The van der Waals surface area contributed by atoms with Crippen molar-refractivity contribution in [3.8, 4) is 6.07 Å². The summed E-state index contributed by atoms with van der Waals surface area (Å²) in [4.78, 5) is 18.2. The van der Waals surface area contributed by atoms with Gasteiger partial charge in [-0.25, -0.2) is 18.4 Å². The van der Waals surface area contributed by atoms with E-state index in [2.05, 4.69) is 11.4 Å². The molecule has 1 aliphatic heterocycles. The number of aliphatic carboxylic acids is 2. The summed E-state index contributed by atoms with van der Waals surface area (Å²) in [5.41, 5.74) is 0.642. The van der Waals surface area contributed by atoms with Gasteiger partial charge in [-0.15, -0.1) is 0 Å². The lowest BCUT2D eigenvalue weighted by atomic mass is 9.64. The van der Waals surface area contributed by atoms with Crippen molar-refractivity contribution in [3.05, 3.63) is 71.3 Å². The molecule has 0 radical (unpaired) electrons. The molecule has 7 nitrogen and oxygen atoms in total. The summed E-state index contributed by atoms with van der Waals surface area (Å²) in [5.74, 6) is -4.20. The summed E-state index contributed by atoms with van der Waals surface area (Å²) in [6.07, 6.45) is 1.70. The number of nitriles is 1. The Balaban J connectivity index is 0.000000440. The molecule has 1 heterocycles. The fourth-order valence-electron chi connectivity index (χ4n) is 3.74. The molecule has 0 atom stereocenters. The Morgan fingerprint density at radius 1 is 0.941 bits per heavy atom. The summed E-state index contributed by atoms with van der Waals surface area (Å²) in [7, 11) is 0. The molecule has 9 heteroatoms. The Morgan fingerprint density at radius 2 is 1.32 bits per heavy atom. The zero-order chi connectivity index (χ0) is 25.6. The summed E-state index contributed by atoms with van der Waals surface area (Å²) in [5, 5.41) is 28.2. The fourth-order valence-corrected chi connectivity index (χ4v) is 3.74. The number of piperidine rings is 1. The number of hydrogen-bond acceptors (Lipinski definition) is 5. The van der Waals surface area contributed by atoms with Crippen molar-refractivity contribution >= 4 is 11.9 Å². The number of carboxylic acid groups (broad SMARTS) is 2. The van der Waals surface area contributed by atoms with Crippen LogP contribution in [0, 0.1) is 28.9 Å². The van der Waals surface area contributed by atoms with Crippen LogP contribution >= 0.6 is 0 Å². The third kappa shape index (κ3) is 8.21. The number of nitrogens with one attached hydrogen (secondary N) is 1. The lowest BCUT2D eigenvalue weighted by Crippen LogP contribution is -2.41. The average molecular weight is 477 g/mol. The van der Waals surface area contributed by atoms with Crippen molar-refractivity contribution in [3.63, 3.8) is 0 Å². The van der Waals surface area contributed by atoms with Crippen molar-refractivity contribution in [2.45, 2.75) is 32.1 Å². The predicted molar refractivity (Wildman–Crippen MR) is 122 cm³/mol. The van der Waals surface area contributed by atoms with Crippen LogP contribution in [0.15, 0.2) is 48.5 Å². The molecule has 0 aliphatic carbocycles. The fraction of sp³-hybridized carbons (Fsp3) is 0.400. The zero-order valence-corrected chi connectivity index (χ0v) is 19.3. The Hall–Kier alpha value is -3.35. The minimum Gasteiger partial charge on any atom is -0.473 e. The van der Waals surface area contributed by atoms with E-state index in [0.29, 0.717) is 0 Å². The Morgan fingerprint density at radius 3 is 1.59 bits per heavy atom. The number of carbonyl (C=O) groups is 2. The minimum absolute atomic E-state index is 0.102. The molecule has 1 saturated heterocycles. The van der Waals surface area contributed by atoms with E-state index >= 15 is 0 Å². The molecule has 184 valence electrons. The molecule has 1 aliphatic rings. The van der Waals surface area contributed by atoms with Gasteiger partial charge in [0.25, 0.3) is 0 Å². The van der Waals surface area contributed by atoms with Crippen molar-refractivity contribution in [2.75, 3.05) is 26.3 Å². The summed E-state index contributed by atoms with van der Waals surface area (Å²) >= 11 is 0.